The van der Waals surface area contributed by atoms with Gasteiger partial charge in [0, 0.05) is 37.9 Å². The van der Waals surface area contributed by atoms with E-state index in [4.69, 9.17) is 5.73 Å². The number of hydrogen-bond donors (Lipinski definition) is 1. The lowest BCUT2D eigenvalue weighted by molar-refractivity contribution is -0.146. The number of nitrogens with two attached hydrogens (primary N) is 1. The number of hydrogen-bond acceptors (Lipinski definition) is 5. The summed E-state index contributed by atoms with van der Waals surface area (Å²) in [6, 6.07) is 0. The molecule has 1 aromatic heterocycles. The van der Waals surface area contributed by atoms with Gasteiger partial charge in [-0.15, -0.1) is 0 Å². The van der Waals surface area contributed by atoms with Gasteiger partial charge in [-0.05, 0) is 6.42 Å². The average molecular weight is 289 g/mol. The highest BCUT2D eigenvalue weighted by Gasteiger charge is 2.32. The molecule has 2 heterocycles. The van der Waals surface area contributed by atoms with E-state index in [9.17, 15) is 13.2 Å². The lowest BCUT2D eigenvalue weighted by atomic mass is 10.2. The summed E-state index contributed by atoms with van der Waals surface area (Å²) in [6.45, 7) is 2.89. The van der Waals surface area contributed by atoms with Crippen molar-refractivity contribution in [3.8, 4) is 0 Å². The molecule has 1 aliphatic heterocycles. The second-order valence-electron chi connectivity index (χ2n) is 4.81. The van der Waals surface area contributed by atoms with Crippen LogP contribution in [0.4, 0.5) is 24.9 Å². The van der Waals surface area contributed by atoms with Gasteiger partial charge in [-0.1, -0.05) is 6.92 Å². The van der Waals surface area contributed by atoms with Crippen molar-refractivity contribution >= 4 is 11.8 Å². The highest BCUT2D eigenvalue weighted by molar-refractivity contribution is 5.49. The minimum absolute atomic E-state index is 0.190. The Kier molecular flexibility index (Phi) is 4.32. The van der Waals surface area contributed by atoms with Crippen LogP contribution in [0.15, 0.2) is 6.20 Å². The largest absolute Gasteiger partial charge is 0.401 e. The number of alkyl halides is 3. The molecule has 2 rings (SSSR count). The molecule has 0 radical (unpaired) electrons. The number of aromatic nitrogens is 2. The van der Waals surface area contributed by atoms with Crippen molar-refractivity contribution in [1.29, 1.82) is 0 Å². The molecule has 112 valence electrons. The van der Waals surface area contributed by atoms with Gasteiger partial charge < -0.3 is 10.6 Å². The van der Waals surface area contributed by atoms with E-state index < -0.39 is 12.7 Å². The third-order valence-corrected chi connectivity index (χ3v) is 3.32. The molecule has 0 bridgehead atoms. The molecule has 2 N–H and O–H groups in total. The molecule has 20 heavy (non-hydrogen) atoms. The van der Waals surface area contributed by atoms with E-state index in [-0.39, 0.29) is 5.95 Å². The van der Waals surface area contributed by atoms with Crippen LogP contribution in [0.3, 0.4) is 0 Å². The van der Waals surface area contributed by atoms with E-state index in [0.29, 0.717) is 26.2 Å². The number of nitrogen functional groups attached to an aromatic ring is 1. The number of halogens is 3. The van der Waals surface area contributed by atoms with Gasteiger partial charge in [0.15, 0.2) is 0 Å². The van der Waals surface area contributed by atoms with E-state index >= 15 is 0 Å². The van der Waals surface area contributed by atoms with E-state index in [1.165, 1.54) is 4.90 Å². The molecule has 0 unspecified atom stereocenters. The lowest BCUT2D eigenvalue weighted by Gasteiger charge is -2.36. The molecule has 8 heteroatoms. The first-order valence-corrected chi connectivity index (χ1v) is 6.54. The van der Waals surface area contributed by atoms with Crippen LogP contribution in [0.1, 0.15) is 12.5 Å². The summed E-state index contributed by atoms with van der Waals surface area (Å²) in [4.78, 5) is 11.6. The van der Waals surface area contributed by atoms with Gasteiger partial charge in [0.05, 0.1) is 6.54 Å². The van der Waals surface area contributed by atoms with Crippen LogP contribution >= 0.6 is 0 Å². The van der Waals surface area contributed by atoms with Crippen molar-refractivity contribution in [3.63, 3.8) is 0 Å². The number of rotatable bonds is 3. The van der Waals surface area contributed by atoms with Gasteiger partial charge >= 0.3 is 6.18 Å². The molecule has 0 atom stereocenters. The molecule has 1 fully saturated rings. The molecule has 1 saturated heterocycles. The Morgan fingerprint density at radius 1 is 1.25 bits per heavy atom. The average Bonchev–Trinajstić information content (AvgIpc) is 2.38. The Balaban J connectivity index is 2.02. The highest BCUT2D eigenvalue weighted by Crippen LogP contribution is 2.22. The summed E-state index contributed by atoms with van der Waals surface area (Å²) in [5.41, 5.74) is 6.55. The molecule has 0 amide bonds. The van der Waals surface area contributed by atoms with Crippen molar-refractivity contribution in [2.75, 3.05) is 43.4 Å². The van der Waals surface area contributed by atoms with Gasteiger partial charge in [-0.3, -0.25) is 4.90 Å². The fourth-order valence-electron chi connectivity index (χ4n) is 2.31. The van der Waals surface area contributed by atoms with Crippen LogP contribution in [-0.2, 0) is 6.42 Å². The van der Waals surface area contributed by atoms with Crippen molar-refractivity contribution in [1.82, 2.24) is 14.9 Å². The fourth-order valence-corrected chi connectivity index (χ4v) is 2.31. The third kappa shape index (κ3) is 3.72. The molecular formula is C12H18F3N5. The van der Waals surface area contributed by atoms with E-state index in [1.54, 1.807) is 6.20 Å². The minimum Gasteiger partial charge on any atom is -0.368 e. The molecule has 0 aromatic carbocycles. The molecule has 0 aliphatic carbocycles. The Hall–Kier alpha value is -1.57. The SMILES string of the molecule is CCc1cnc(N)nc1N1CCN(CC(F)(F)F)CC1. The lowest BCUT2D eigenvalue weighted by Crippen LogP contribution is -2.49. The van der Waals surface area contributed by atoms with E-state index in [0.717, 1.165) is 17.8 Å². The van der Waals surface area contributed by atoms with Crippen LogP contribution in [0.2, 0.25) is 0 Å². The monoisotopic (exact) mass is 289 g/mol. The standard InChI is InChI=1S/C12H18F3N5/c1-2-9-7-17-11(16)18-10(9)20-5-3-19(4-6-20)8-12(13,14)15/h7H,2-6,8H2,1H3,(H2,16,17,18). The molecule has 0 spiro atoms. The second kappa shape index (κ2) is 5.82. The van der Waals surface area contributed by atoms with Gasteiger partial charge in [0.2, 0.25) is 5.95 Å². The predicted octanol–water partition coefficient (Wildman–Crippen LogP) is 1.31. The van der Waals surface area contributed by atoms with E-state index in [1.807, 2.05) is 11.8 Å². The number of piperazine rings is 1. The first-order chi connectivity index (χ1) is 9.39. The summed E-state index contributed by atoms with van der Waals surface area (Å²) >= 11 is 0. The number of nitrogens with zero attached hydrogens (tertiary/aromatic N) is 4. The van der Waals surface area contributed by atoms with E-state index in [2.05, 4.69) is 9.97 Å². The summed E-state index contributed by atoms with van der Waals surface area (Å²) in [6.07, 6.45) is -1.70. The molecule has 0 saturated carbocycles. The third-order valence-electron chi connectivity index (χ3n) is 3.32. The van der Waals surface area contributed by atoms with Gasteiger partial charge in [-0.2, -0.15) is 18.2 Å². The maximum atomic E-state index is 12.3. The minimum atomic E-state index is -4.14. The maximum absolute atomic E-state index is 12.3. The fraction of sp³-hybridized carbons (Fsp3) is 0.667. The van der Waals surface area contributed by atoms with Crippen LogP contribution in [0.5, 0.6) is 0 Å². The van der Waals surface area contributed by atoms with Crippen LogP contribution in [-0.4, -0.2) is 53.8 Å². The second-order valence-corrected chi connectivity index (χ2v) is 4.81. The van der Waals surface area contributed by atoms with Crippen molar-refractivity contribution in [2.24, 2.45) is 0 Å². The first kappa shape index (κ1) is 14.8. The Bertz CT molecular complexity index is 455. The predicted molar refractivity (Wildman–Crippen MR) is 70.5 cm³/mol. The molecular weight excluding hydrogens is 271 g/mol. The first-order valence-electron chi connectivity index (χ1n) is 6.54. The smallest absolute Gasteiger partial charge is 0.368 e. The highest BCUT2D eigenvalue weighted by atomic mass is 19.4. The Labute approximate surface area is 115 Å². The maximum Gasteiger partial charge on any atom is 0.401 e. The quantitative estimate of drug-likeness (QED) is 0.909. The molecule has 1 aromatic rings. The normalized spacial score (nSPS) is 17.5. The Morgan fingerprint density at radius 3 is 2.45 bits per heavy atom. The van der Waals surface area contributed by atoms with Crippen LogP contribution in [0.25, 0.3) is 0 Å². The zero-order chi connectivity index (χ0) is 14.8. The number of aryl methyl sites for hydroxylation is 1. The summed E-state index contributed by atoms with van der Waals surface area (Å²) in [5.74, 6) is 0.932. The zero-order valence-corrected chi connectivity index (χ0v) is 11.3. The topological polar surface area (TPSA) is 58.3 Å². The summed E-state index contributed by atoms with van der Waals surface area (Å²) in [7, 11) is 0. The zero-order valence-electron chi connectivity index (χ0n) is 11.3. The Morgan fingerprint density at radius 2 is 1.90 bits per heavy atom. The van der Waals surface area contributed by atoms with Gasteiger partial charge in [-0.25, -0.2) is 4.98 Å². The molecule has 1 aliphatic rings. The van der Waals surface area contributed by atoms with Crippen molar-refractivity contribution in [3.05, 3.63) is 11.8 Å². The van der Waals surface area contributed by atoms with Gasteiger partial charge in [0.25, 0.3) is 0 Å². The van der Waals surface area contributed by atoms with Gasteiger partial charge in [0.1, 0.15) is 5.82 Å². The summed E-state index contributed by atoms with van der Waals surface area (Å²) in [5, 5.41) is 0. The number of anilines is 2. The molecule has 5 nitrogen and oxygen atoms in total. The summed E-state index contributed by atoms with van der Waals surface area (Å²) < 4.78 is 37.0. The van der Waals surface area contributed by atoms with Crippen molar-refractivity contribution in [2.45, 2.75) is 19.5 Å². The van der Waals surface area contributed by atoms with Crippen LogP contribution < -0.4 is 10.6 Å². The van der Waals surface area contributed by atoms with Crippen LogP contribution in [0, 0.1) is 0 Å². The van der Waals surface area contributed by atoms with Crippen molar-refractivity contribution < 1.29 is 13.2 Å².